The van der Waals surface area contributed by atoms with Gasteiger partial charge >= 0.3 is 5.63 Å². The molecule has 1 aromatic carbocycles. The van der Waals surface area contributed by atoms with Crippen LogP contribution in [0.25, 0.3) is 11.3 Å². The van der Waals surface area contributed by atoms with Crippen LogP contribution in [0.2, 0.25) is 0 Å². The molecule has 2 aromatic rings. The average molecular weight is 327 g/mol. The molecule has 5 heteroatoms. The first kappa shape index (κ1) is 13.2. The third-order valence-corrected chi connectivity index (χ3v) is 4.09. The van der Waals surface area contributed by atoms with Crippen LogP contribution in [0.1, 0.15) is 5.56 Å². The molecule has 0 aliphatic rings. The first-order chi connectivity index (χ1) is 8.49. The summed E-state index contributed by atoms with van der Waals surface area (Å²) < 4.78 is 17.7. The van der Waals surface area contributed by atoms with Crippen LogP contribution in [0.5, 0.6) is 0 Å². The Morgan fingerprint density at radius 2 is 2.00 bits per heavy atom. The number of hydrogen-bond acceptors (Lipinski definition) is 3. The predicted octanol–water partition coefficient (Wildman–Crippen LogP) is 3.12. The van der Waals surface area contributed by atoms with Gasteiger partial charge in [0.1, 0.15) is 5.76 Å². The second kappa shape index (κ2) is 5.20. The molecule has 0 spiro atoms. The Labute approximate surface area is 115 Å². The summed E-state index contributed by atoms with van der Waals surface area (Å²) in [5.41, 5.74) is 1.03. The van der Waals surface area contributed by atoms with Gasteiger partial charge in [-0.1, -0.05) is 28.1 Å². The van der Waals surface area contributed by atoms with E-state index in [1.54, 1.807) is 13.2 Å². The maximum atomic E-state index is 11.6. The molecule has 0 bridgehead atoms. The second-order valence-electron chi connectivity index (χ2n) is 3.85. The minimum atomic E-state index is -1.21. The van der Waals surface area contributed by atoms with E-state index in [4.69, 9.17) is 4.42 Å². The summed E-state index contributed by atoms with van der Waals surface area (Å²) in [6.45, 7) is 1.80. The lowest BCUT2D eigenvalue weighted by Gasteiger charge is -2.08. The third-order valence-electron chi connectivity index (χ3n) is 2.56. The topological polar surface area (TPSA) is 47.3 Å². The largest absolute Gasteiger partial charge is 0.422 e. The van der Waals surface area contributed by atoms with Crippen molar-refractivity contribution < 1.29 is 8.63 Å². The molecule has 94 valence electrons. The first-order valence-corrected chi connectivity index (χ1v) is 7.58. The number of hydrogen-bond donors (Lipinski definition) is 0. The summed E-state index contributed by atoms with van der Waals surface area (Å²) in [6.07, 6.45) is 1.55. The van der Waals surface area contributed by atoms with E-state index in [2.05, 4.69) is 15.9 Å². The molecule has 0 fully saturated rings. The highest BCUT2D eigenvalue weighted by atomic mass is 79.9. The lowest BCUT2D eigenvalue weighted by Crippen LogP contribution is -2.05. The fourth-order valence-corrected chi connectivity index (χ4v) is 2.92. The molecule has 1 aromatic heterocycles. The van der Waals surface area contributed by atoms with Crippen molar-refractivity contribution in [2.75, 3.05) is 6.26 Å². The van der Waals surface area contributed by atoms with Crippen LogP contribution in [0, 0.1) is 6.92 Å². The van der Waals surface area contributed by atoms with Crippen molar-refractivity contribution in [3.63, 3.8) is 0 Å². The zero-order chi connectivity index (χ0) is 13.3. The zero-order valence-electron chi connectivity index (χ0n) is 9.90. The van der Waals surface area contributed by atoms with E-state index in [9.17, 15) is 9.00 Å². The first-order valence-electron chi connectivity index (χ1n) is 5.23. The van der Waals surface area contributed by atoms with Crippen LogP contribution in [0.15, 0.2) is 48.9 Å². The summed E-state index contributed by atoms with van der Waals surface area (Å²) in [5, 5.41) is 0. The van der Waals surface area contributed by atoms with Gasteiger partial charge in [-0.3, -0.25) is 4.21 Å². The highest BCUT2D eigenvalue weighted by molar-refractivity contribution is 9.10. The number of halogens is 1. The molecule has 0 aliphatic carbocycles. The van der Waals surface area contributed by atoms with Crippen molar-refractivity contribution in [3.8, 4) is 11.3 Å². The Morgan fingerprint density at radius 1 is 1.28 bits per heavy atom. The average Bonchev–Trinajstić information content (AvgIpc) is 2.31. The van der Waals surface area contributed by atoms with Gasteiger partial charge in [-0.25, -0.2) is 4.79 Å². The molecule has 1 heterocycles. The van der Waals surface area contributed by atoms with E-state index in [0.29, 0.717) is 10.7 Å². The summed E-state index contributed by atoms with van der Waals surface area (Å²) >= 11 is 3.37. The van der Waals surface area contributed by atoms with Crippen molar-refractivity contribution in [1.82, 2.24) is 0 Å². The van der Waals surface area contributed by atoms with Crippen LogP contribution in [0.4, 0.5) is 0 Å². The molecule has 0 radical (unpaired) electrons. The molecule has 0 aliphatic heterocycles. The molecule has 0 N–H and O–H groups in total. The van der Waals surface area contributed by atoms with Gasteiger partial charge in [0, 0.05) is 27.9 Å². The standard InChI is InChI=1S/C13H11BrO3S/c1-8-11(18(2)16)7-12(15)17-13(8)9-4-3-5-10(14)6-9/h3-7H,1-2H3. The molecule has 3 nitrogen and oxygen atoms in total. The van der Waals surface area contributed by atoms with Crippen LogP contribution >= 0.6 is 15.9 Å². The molecular formula is C13H11BrO3S. The molecule has 2 rings (SSSR count). The van der Waals surface area contributed by atoms with Gasteiger partial charge in [0.05, 0.1) is 15.7 Å². The number of benzene rings is 1. The SMILES string of the molecule is Cc1c(S(C)=O)cc(=O)oc1-c1cccc(Br)c1. The molecule has 1 unspecified atom stereocenters. The van der Waals surface area contributed by atoms with E-state index in [-0.39, 0.29) is 0 Å². The van der Waals surface area contributed by atoms with E-state index < -0.39 is 16.4 Å². The Balaban J connectivity index is 2.72. The van der Waals surface area contributed by atoms with E-state index >= 15 is 0 Å². The summed E-state index contributed by atoms with van der Waals surface area (Å²) in [6, 6.07) is 8.73. The highest BCUT2D eigenvalue weighted by Gasteiger charge is 2.13. The van der Waals surface area contributed by atoms with Crippen LogP contribution in [-0.4, -0.2) is 10.5 Å². The Kier molecular flexibility index (Phi) is 3.82. The molecule has 0 saturated heterocycles. The van der Waals surface area contributed by atoms with E-state index in [1.165, 1.54) is 6.07 Å². The van der Waals surface area contributed by atoms with Crippen LogP contribution in [0.3, 0.4) is 0 Å². The predicted molar refractivity (Wildman–Crippen MR) is 75.2 cm³/mol. The van der Waals surface area contributed by atoms with Gasteiger partial charge < -0.3 is 4.42 Å². The molecule has 1 atom stereocenters. The summed E-state index contributed by atoms with van der Waals surface area (Å²) in [5.74, 6) is 0.467. The van der Waals surface area contributed by atoms with Crippen molar-refractivity contribution in [2.45, 2.75) is 11.8 Å². The number of rotatable bonds is 2. The van der Waals surface area contributed by atoms with Gasteiger partial charge in [0.25, 0.3) is 0 Å². The van der Waals surface area contributed by atoms with Gasteiger partial charge in [0.2, 0.25) is 0 Å². The van der Waals surface area contributed by atoms with Gasteiger partial charge in [0.15, 0.2) is 0 Å². The molecule has 18 heavy (non-hydrogen) atoms. The lowest BCUT2D eigenvalue weighted by atomic mass is 10.1. The van der Waals surface area contributed by atoms with E-state index in [1.807, 2.05) is 24.3 Å². The van der Waals surface area contributed by atoms with Crippen molar-refractivity contribution in [1.29, 1.82) is 0 Å². The molecule has 0 amide bonds. The quantitative estimate of drug-likeness (QED) is 0.851. The lowest BCUT2D eigenvalue weighted by molar-refractivity contribution is 0.516. The molecule has 0 saturated carbocycles. The summed E-state index contributed by atoms with van der Waals surface area (Å²) in [7, 11) is -1.21. The van der Waals surface area contributed by atoms with Crippen molar-refractivity contribution in [2.24, 2.45) is 0 Å². The van der Waals surface area contributed by atoms with Crippen LogP contribution in [-0.2, 0) is 10.8 Å². The molecular weight excluding hydrogens is 316 g/mol. The summed E-state index contributed by atoms with van der Waals surface area (Å²) in [4.78, 5) is 12.0. The Morgan fingerprint density at radius 3 is 2.61 bits per heavy atom. The normalized spacial score (nSPS) is 12.4. The fraction of sp³-hybridized carbons (Fsp3) is 0.154. The maximum Gasteiger partial charge on any atom is 0.337 e. The fourth-order valence-electron chi connectivity index (χ4n) is 1.74. The highest BCUT2D eigenvalue weighted by Crippen LogP contribution is 2.27. The maximum absolute atomic E-state index is 11.6. The van der Waals surface area contributed by atoms with E-state index in [0.717, 1.165) is 15.6 Å². The van der Waals surface area contributed by atoms with Crippen molar-refractivity contribution in [3.05, 3.63) is 50.8 Å². The minimum Gasteiger partial charge on any atom is -0.422 e. The van der Waals surface area contributed by atoms with Crippen LogP contribution < -0.4 is 5.63 Å². The monoisotopic (exact) mass is 326 g/mol. The van der Waals surface area contributed by atoms with Gasteiger partial charge in [-0.15, -0.1) is 0 Å². The Bertz CT molecular complexity index is 676. The van der Waals surface area contributed by atoms with Gasteiger partial charge in [-0.2, -0.15) is 0 Å². The third kappa shape index (κ3) is 2.62. The van der Waals surface area contributed by atoms with Gasteiger partial charge in [-0.05, 0) is 19.1 Å². The zero-order valence-corrected chi connectivity index (χ0v) is 12.3. The van der Waals surface area contributed by atoms with Crippen molar-refractivity contribution >= 4 is 26.7 Å². The smallest absolute Gasteiger partial charge is 0.337 e. The Hall–Kier alpha value is -1.20. The second-order valence-corrected chi connectivity index (χ2v) is 6.11. The minimum absolute atomic E-state index is 0.467.